The topological polar surface area (TPSA) is 81.0 Å². The van der Waals surface area contributed by atoms with Gasteiger partial charge in [0, 0.05) is 19.0 Å². The van der Waals surface area contributed by atoms with Gasteiger partial charge in [-0.2, -0.15) is 18.4 Å². The number of alkyl halides is 3. The Bertz CT molecular complexity index is 1160. The second-order valence-corrected chi connectivity index (χ2v) is 9.51. The van der Waals surface area contributed by atoms with Crippen molar-refractivity contribution in [1.29, 1.82) is 5.26 Å². The van der Waals surface area contributed by atoms with Crippen LogP contribution in [0.1, 0.15) is 41.9 Å². The fourth-order valence-corrected chi connectivity index (χ4v) is 4.78. The lowest BCUT2D eigenvalue weighted by molar-refractivity contribution is -0.220. The highest BCUT2D eigenvalue weighted by Gasteiger charge is 2.47. The molecule has 2 fully saturated rings. The molecule has 2 heterocycles. The van der Waals surface area contributed by atoms with E-state index in [0.717, 1.165) is 5.56 Å². The van der Waals surface area contributed by atoms with Crippen molar-refractivity contribution in [2.45, 2.75) is 49.7 Å². The van der Waals surface area contributed by atoms with Gasteiger partial charge < -0.3 is 23.8 Å². The largest absolute Gasteiger partial charge is 0.497 e. The monoisotopic (exact) mass is 536 g/mol. The molecule has 0 aromatic heterocycles. The molecule has 2 unspecified atom stereocenters. The Morgan fingerprint density at radius 1 is 1.21 bits per heavy atom. The Morgan fingerprint density at radius 2 is 1.92 bits per heavy atom. The van der Waals surface area contributed by atoms with Gasteiger partial charge in [0.25, 0.3) is 0 Å². The number of piperidine rings is 1. The summed E-state index contributed by atoms with van der Waals surface area (Å²) in [6.07, 6.45) is -6.78. The molecule has 38 heavy (non-hydrogen) atoms. The zero-order valence-electron chi connectivity index (χ0n) is 20.8. The summed E-state index contributed by atoms with van der Waals surface area (Å²) >= 11 is 0. The molecule has 2 atom stereocenters. The summed E-state index contributed by atoms with van der Waals surface area (Å²) in [5.74, 6) is -0.0140. The molecule has 0 radical (unpaired) electrons. The quantitative estimate of drug-likeness (QED) is 0.445. The first-order valence-electron chi connectivity index (χ1n) is 12.2. The van der Waals surface area contributed by atoms with E-state index in [4.69, 9.17) is 24.2 Å². The maximum Gasteiger partial charge on any atom is 0.427 e. The average Bonchev–Trinajstić information content (AvgIpc) is 3.31. The van der Waals surface area contributed by atoms with Crippen molar-refractivity contribution in [3.63, 3.8) is 0 Å². The summed E-state index contributed by atoms with van der Waals surface area (Å²) in [6, 6.07) is 12.9. The minimum Gasteiger partial charge on any atom is -0.497 e. The molecular formula is C27H28F4N2O5. The van der Waals surface area contributed by atoms with Crippen LogP contribution in [0.25, 0.3) is 0 Å². The Kier molecular flexibility index (Phi) is 8.43. The van der Waals surface area contributed by atoms with Crippen LogP contribution in [-0.2, 0) is 20.8 Å². The van der Waals surface area contributed by atoms with E-state index in [1.54, 1.807) is 30.3 Å². The number of likely N-dealkylation sites (tertiary alicyclic amines) is 1. The van der Waals surface area contributed by atoms with E-state index in [0.29, 0.717) is 37.2 Å². The Balaban J connectivity index is 1.28. The Labute approximate surface area is 217 Å². The van der Waals surface area contributed by atoms with Crippen LogP contribution in [0.15, 0.2) is 42.5 Å². The van der Waals surface area contributed by atoms with Crippen LogP contribution in [0.2, 0.25) is 0 Å². The van der Waals surface area contributed by atoms with Crippen molar-refractivity contribution in [3.8, 4) is 11.8 Å². The van der Waals surface area contributed by atoms with E-state index >= 15 is 0 Å². The van der Waals surface area contributed by atoms with Gasteiger partial charge in [-0.25, -0.2) is 9.18 Å². The Morgan fingerprint density at radius 3 is 2.55 bits per heavy atom. The lowest BCUT2D eigenvalue weighted by Crippen LogP contribution is -2.49. The smallest absolute Gasteiger partial charge is 0.427 e. The van der Waals surface area contributed by atoms with Crippen molar-refractivity contribution in [2.24, 2.45) is 0 Å². The third kappa shape index (κ3) is 6.55. The molecule has 2 aromatic rings. The predicted molar refractivity (Wildman–Crippen MR) is 127 cm³/mol. The summed E-state index contributed by atoms with van der Waals surface area (Å²) in [7, 11) is 1.51. The van der Waals surface area contributed by atoms with Gasteiger partial charge in [-0.1, -0.05) is 18.2 Å². The van der Waals surface area contributed by atoms with Crippen LogP contribution >= 0.6 is 0 Å². The molecule has 2 aliphatic rings. The highest BCUT2D eigenvalue weighted by Crippen LogP contribution is 2.43. The van der Waals surface area contributed by atoms with Crippen molar-refractivity contribution in [3.05, 3.63) is 65.0 Å². The average molecular weight is 537 g/mol. The molecule has 0 N–H and O–H groups in total. The van der Waals surface area contributed by atoms with Crippen LogP contribution in [0.3, 0.4) is 0 Å². The van der Waals surface area contributed by atoms with E-state index in [1.807, 2.05) is 6.07 Å². The molecule has 11 heteroatoms. The van der Waals surface area contributed by atoms with Crippen molar-refractivity contribution in [1.82, 2.24) is 4.90 Å². The van der Waals surface area contributed by atoms with Gasteiger partial charge in [-0.15, -0.1) is 0 Å². The van der Waals surface area contributed by atoms with Crippen molar-refractivity contribution < 1.29 is 41.3 Å². The molecule has 2 aromatic carbocycles. The first-order chi connectivity index (χ1) is 18.1. The number of amides is 1. The predicted octanol–water partition coefficient (Wildman–Crippen LogP) is 5.33. The molecule has 2 aliphatic heterocycles. The van der Waals surface area contributed by atoms with Crippen LogP contribution in [0, 0.1) is 17.1 Å². The van der Waals surface area contributed by atoms with Crippen molar-refractivity contribution >= 4 is 6.09 Å². The fraction of sp³-hybridized carbons (Fsp3) is 0.481. The fourth-order valence-electron chi connectivity index (χ4n) is 4.78. The normalized spacial score (nSPS) is 19.7. The summed E-state index contributed by atoms with van der Waals surface area (Å²) in [6.45, 7) is -0.178. The second-order valence-electron chi connectivity index (χ2n) is 9.51. The molecule has 7 nitrogen and oxygen atoms in total. The highest BCUT2D eigenvalue weighted by molar-refractivity contribution is 5.68. The van der Waals surface area contributed by atoms with Gasteiger partial charge in [0.15, 0.2) is 0 Å². The van der Waals surface area contributed by atoms with Crippen LogP contribution in [-0.4, -0.2) is 62.3 Å². The molecule has 4 rings (SSSR count). The van der Waals surface area contributed by atoms with Gasteiger partial charge in [-0.3, -0.25) is 0 Å². The van der Waals surface area contributed by atoms with Crippen LogP contribution < -0.4 is 4.74 Å². The number of halogens is 4. The molecule has 204 valence electrons. The first-order valence-corrected chi connectivity index (χ1v) is 12.2. The van der Waals surface area contributed by atoms with Gasteiger partial charge in [0.2, 0.25) is 6.10 Å². The third-order valence-electron chi connectivity index (χ3n) is 7.03. The number of carbonyl (C=O) groups excluding carboxylic acids is 1. The number of ether oxygens (including phenoxy) is 4. The van der Waals surface area contributed by atoms with E-state index < -0.39 is 36.4 Å². The number of hydrogen-bond acceptors (Lipinski definition) is 6. The van der Waals surface area contributed by atoms with Gasteiger partial charge in [-0.05, 0) is 54.7 Å². The lowest BCUT2D eigenvalue weighted by Gasteiger charge is -2.38. The summed E-state index contributed by atoms with van der Waals surface area (Å²) in [5, 5.41) is 9.09. The standard InChI is InChI=1S/C27H28F4N2O5/c1-35-22-5-2-18(3-6-22)15-36-17-24(27(29,30)31)38-25(34)33-10-8-26(9-11-33)13-21(16-37-26)19-4-7-23(28)20(12-19)14-32/h2-7,12,21,24H,8-11,13,15-17H2,1H3. The molecule has 1 spiro atoms. The summed E-state index contributed by atoms with van der Waals surface area (Å²) < 4.78 is 75.4. The molecular weight excluding hydrogens is 508 g/mol. The number of hydrogen-bond donors (Lipinski definition) is 0. The van der Waals surface area contributed by atoms with Crippen LogP contribution in [0.4, 0.5) is 22.4 Å². The molecule has 0 aliphatic carbocycles. The zero-order valence-corrected chi connectivity index (χ0v) is 20.8. The van der Waals surface area contributed by atoms with E-state index in [1.165, 1.54) is 24.1 Å². The zero-order chi connectivity index (χ0) is 27.3. The highest BCUT2D eigenvalue weighted by atomic mass is 19.4. The summed E-state index contributed by atoms with van der Waals surface area (Å²) in [5.41, 5.74) is 0.879. The van der Waals surface area contributed by atoms with Crippen LogP contribution in [0.5, 0.6) is 5.75 Å². The number of benzene rings is 2. The molecule has 2 saturated heterocycles. The number of nitrogens with zero attached hydrogens (tertiary/aromatic N) is 2. The first kappa shape index (κ1) is 27.7. The van der Waals surface area contributed by atoms with E-state index in [2.05, 4.69) is 0 Å². The van der Waals surface area contributed by atoms with Gasteiger partial charge >= 0.3 is 12.3 Å². The number of rotatable bonds is 7. The van der Waals surface area contributed by atoms with Gasteiger partial charge in [0.1, 0.15) is 17.6 Å². The second kappa shape index (κ2) is 11.6. The molecule has 1 amide bonds. The lowest BCUT2D eigenvalue weighted by atomic mass is 9.83. The van der Waals surface area contributed by atoms with Crippen molar-refractivity contribution in [2.75, 3.05) is 33.4 Å². The van der Waals surface area contributed by atoms with E-state index in [9.17, 15) is 22.4 Å². The van der Waals surface area contributed by atoms with Gasteiger partial charge in [0.05, 0.1) is 38.1 Å². The SMILES string of the molecule is COc1ccc(COCC(OC(=O)N2CCC3(CC2)CC(c2ccc(F)c(C#N)c2)CO3)C(F)(F)F)cc1. The van der Waals surface area contributed by atoms with E-state index in [-0.39, 0.29) is 31.2 Å². The maximum absolute atomic E-state index is 13.7. The number of nitriles is 1. The minimum atomic E-state index is -4.79. The Hall–Kier alpha value is -3.36. The molecule has 0 bridgehead atoms. The number of carbonyl (C=O) groups is 1. The molecule has 0 saturated carbocycles. The maximum atomic E-state index is 13.7. The third-order valence-corrected chi connectivity index (χ3v) is 7.03. The summed E-state index contributed by atoms with van der Waals surface area (Å²) in [4.78, 5) is 13.8. The minimum absolute atomic E-state index is 0.0341. The number of methoxy groups -OCH3 is 1.